The summed E-state index contributed by atoms with van der Waals surface area (Å²) in [5.74, 6) is 2.49. The molecule has 3 rings (SSSR count). The number of methoxy groups -OCH3 is 1. The smallest absolute Gasteiger partial charge is 0.147 e. The molecule has 0 radical (unpaired) electrons. The van der Waals surface area contributed by atoms with Gasteiger partial charge in [0, 0.05) is 23.6 Å². The average molecular weight is 324 g/mol. The van der Waals surface area contributed by atoms with Crippen LogP contribution in [0.25, 0.3) is 11.3 Å². The van der Waals surface area contributed by atoms with Crippen LogP contribution >= 0.6 is 15.9 Å². The Hall–Kier alpha value is -1.49. The van der Waals surface area contributed by atoms with E-state index in [-0.39, 0.29) is 6.10 Å². The number of hydrogen-bond acceptors (Lipinski definition) is 4. The first-order chi connectivity index (χ1) is 9.21. The second-order valence-electron chi connectivity index (χ2n) is 4.60. The molecule has 0 bridgehead atoms. The van der Waals surface area contributed by atoms with Gasteiger partial charge in [0.25, 0.3) is 0 Å². The van der Waals surface area contributed by atoms with E-state index in [1.807, 2.05) is 18.2 Å². The molecule has 0 N–H and O–H groups in total. The Labute approximate surface area is 119 Å². The van der Waals surface area contributed by atoms with Crippen LogP contribution in [0.15, 0.2) is 22.7 Å². The fraction of sp³-hybridized carbons (Fsp3) is 0.357. The fourth-order valence-electron chi connectivity index (χ4n) is 2.31. The molecule has 0 aliphatic carbocycles. The summed E-state index contributed by atoms with van der Waals surface area (Å²) in [5, 5.41) is 4.71. The Bertz CT molecular complexity index is 609. The van der Waals surface area contributed by atoms with E-state index in [1.54, 1.807) is 7.11 Å². The van der Waals surface area contributed by atoms with Crippen molar-refractivity contribution in [2.45, 2.75) is 24.8 Å². The van der Waals surface area contributed by atoms with E-state index in [1.165, 1.54) is 5.56 Å². The predicted molar refractivity (Wildman–Crippen MR) is 74.9 cm³/mol. The van der Waals surface area contributed by atoms with Gasteiger partial charge in [-0.05, 0) is 19.1 Å². The predicted octanol–water partition coefficient (Wildman–Crippen LogP) is 3.57. The molecule has 0 amide bonds. The van der Waals surface area contributed by atoms with Crippen molar-refractivity contribution in [2.24, 2.45) is 0 Å². The molecule has 4 nitrogen and oxygen atoms in total. The van der Waals surface area contributed by atoms with Crippen LogP contribution in [0.2, 0.25) is 0 Å². The second-order valence-corrected chi connectivity index (χ2v) is 5.17. The summed E-state index contributed by atoms with van der Waals surface area (Å²) in [7, 11) is 1.66. The van der Waals surface area contributed by atoms with Crippen LogP contribution in [0.1, 0.15) is 18.2 Å². The highest BCUT2D eigenvalue weighted by atomic mass is 79.9. The zero-order valence-electron chi connectivity index (χ0n) is 10.8. The molecule has 100 valence electrons. The number of benzene rings is 1. The maximum atomic E-state index is 5.78. The van der Waals surface area contributed by atoms with E-state index >= 15 is 0 Å². The molecule has 2 aromatic rings. The Kier molecular flexibility index (Phi) is 3.22. The van der Waals surface area contributed by atoms with Crippen molar-refractivity contribution in [3.8, 4) is 22.8 Å². The van der Waals surface area contributed by atoms with Gasteiger partial charge < -0.3 is 14.0 Å². The van der Waals surface area contributed by atoms with Crippen LogP contribution in [0, 0.1) is 0 Å². The molecular formula is C14H14BrNO3. The van der Waals surface area contributed by atoms with Gasteiger partial charge in [-0.3, -0.25) is 0 Å². The van der Waals surface area contributed by atoms with Crippen LogP contribution in [0.3, 0.4) is 0 Å². The van der Waals surface area contributed by atoms with Crippen molar-refractivity contribution in [1.29, 1.82) is 0 Å². The molecule has 19 heavy (non-hydrogen) atoms. The van der Waals surface area contributed by atoms with Gasteiger partial charge in [0.2, 0.25) is 0 Å². The van der Waals surface area contributed by atoms with Crippen LogP contribution < -0.4 is 9.47 Å². The molecule has 1 aromatic heterocycles. The number of alkyl halides is 1. The van der Waals surface area contributed by atoms with Crippen LogP contribution in [0.5, 0.6) is 11.5 Å². The molecule has 1 unspecified atom stereocenters. The van der Waals surface area contributed by atoms with Crippen LogP contribution in [-0.4, -0.2) is 18.4 Å². The Morgan fingerprint density at radius 2 is 2.26 bits per heavy atom. The Morgan fingerprint density at radius 1 is 1.42 bits per heavy atom. The lowest BCUT2D eigenvalue weighted by Crippen LogP contribution is -2.05. The van der Waals surface area contributed by atoms with E-state index < -0.39 is 0 Å². The second kappa shape index (κ2) is 4.89. The highest BCUT2D eigenvalue weighted by Gasteiger charge is 2.23. The zero-order chi connectivity index (χ0) is 13.4. The molecule has 5 heteroatoms. The van der Waals surface area contributed by atoms with E-state index in [2.05, 4.69) is 28.0 Å². The standard InChI is InChI=1S/C14H14BrNO3/c1-8-3-9-4-14(17-2)11(6-13(9)18-8)12-5-10(7-15)19-16-12/h4-6,8H,3,7H2,1-2H3. The molecule has 1 aromatic carbocycles. The number of halogens is 1. The van der Waals surface area contributed by atoms with E-state index in [0.717, 1.165) is 34.9 Å². The summed E-state index contributed by atoms with van der Waals surface area (Å²) in [4.78, 5) is 0. The molecule has 1 aliphatic rings. The third-order valence-corrected chi connectivity index (χ3v) is 3.74. The van der Waals surface area contributed by atoms with Crippen molar-refractivity contribution in [2.75, 3.05) is 7.11 Å². The topological polar surface area (TPSA) is 44.5 Å². The highest BCUT2D eigenvalue weighted by molar-refractivity contribution is 9.08. The van der Waals surface area contributed by atoms with Gasteiger partial charge in [0.05, 0.1) is 12.4 Å². The largest absolute Gasteiger partial charge is 0.496 e. The minimum atomic E-state index is 0.213. The average Bonchev–Trinajstić information content (AvgIpc) is 3.01. The van der Waals surface area contributed by atoms with Crippen LogP contribution in [-0.2, 0) is 11.8 Å². The number of aromatic nitrogens is 1. The quantitative estimate of drug-likeness (QED) is 0.810. The molecule has 2 heterocycles. The zero-order valence-corrected chi connectivity index (χ0v) is 12.4. The Morgan fingerprint density at radius 3 is 2.95 bits per heavy atom. The molecule has 0 fully saturated rings. The van der Waals surface area contributed by atoms with Crippen molar-refractivity contribution in [3.05, 3.63) is 29.5 Å². The molecule has 1 aliphatic heterocycles. The van der Waals surface area contributed by atoms with Gasteiger partial charge in [0.1, 0.15) is 29.1 Å². The maximum absolute atomic E-state index is 5.78. The van der Waals surface area contributed by atoms with Gasteiger partial charge >= 0.3 is 0 Å². The van der Waals surface area contributed by atoms with Gasteiger partial charge in [-0.2, -0.15) is 0 Å². The summed E-state index contributed by atoms with van der Waals surface area (Å²) in [6, 6.07) is 5.90. The molecule has 0 spiro atoms. The summed E-state index contributed by atoms with van der Waals surface area (Å²) >= 11 is 3.35. The maximum Gasteiger partial charge on any atom is 0.147 e. The number of fused-ring (bicyclic) bond motifs is 1. The third-order valence-electron chi connectivity index (χ3n) is 3.18. The first kappa shape index (κ1) is 12.5. The molecular weight excluding hydrogens is 310 g/mol. The van der Waals surface area contributed by atoms with E-state index in [0.29, 0.717) is 5.33 Å². The summed E-state index contributed by atoms with van der Waals surface area (Å²) < 4.78 is 16.4. The summed E-state index contributed by atoms with van der Waals surface area (Å²) in [5.41, 5.74) is 2.83. The normalized spacial score (nSPS) is 17.1. The van der Waals surface area contributed by atoms with Crippen LogP contribution in [0.4, 0.5) is 0 Å². The number of hydrogen-bond donors (Lipinski definition) is 0. The van der Waals surface area contributed by atoms with E-state index in [9.17, 15) is 0 Å². The summed E-state index contributed by atoms with van der Waals surface area (Å²) in [6.07, 6.45) is 1.13. The van der Waals surface area contributed by atoms with E-state index in [4.69, 9.17) is 14.0 Å². The number of ether oxygens (including phenoxy) is 2. The lowest BCUT2D eigenvalue weighted by atomic mass is 10.0. The van der Waals surface area contributed by atoms with Gasteiger partial charge in [0.15, 0.2) is 0 Å². The number of nitrogens with zero attached hydrogens (tertiary/aromatic N) is 1. The van der Waals surface area contributed by atoms with Gasteiger partial charge in [-0.15, -0.1) is 0 Å². The minimum Gasteiger partial charge on any atom is -0.496 e. The van der Waals surface area contributed by atoms with Crippen molar-refractivity contribution in [3.63, 3.8) is 0 Å². The monoisotopic (exact) mass is 323 g/mol. The third kappa shape index (κ3) is 2.23. The lowest BCUT2D eigenvalue weighted by molar-refractivity contribution is 0.254. The van der Waals surface area contributed by atoms with Gasteiger partial charge in [-0.25, -0.2) is 0 Å². The Balaban J connectivity index is 2.07. The molecule has 0 saturated carbocycles. The van der Waals surface area contributed by atoms with Gasteiger partial charge in [-0.1, -0.05) is 21.1 Å². The fourth-order valence-corrected chi connectivity index (χ4v) is 2.58. The SMILES string of the molecule is COc1cc2c(cc1-c1cc(CBr)on1)OC(C)C2. The summed E-state index contributed by atoms with van der Waals surface area (Å²) in [6.45, 7) is 2.06. The van der Waals surface area contributed by atoms with Crippen molar-refractivity contribution >= 4 is 15.9 Å². The minimum absolute atomic E-state index is 0.213. The molecule has 0 saturated heterocycles. The first-order valence-electron chi connectivity index (χ1n) is 6.10. The molecule has 1 atom stereocenters. The lowest BCUT2D eigenvalue weighted by Gasteiger charge is -2.08. The highest BCUT2D eigenvalue weighted by Crippen LogP contribution is 2.39. The van der Waals surface area contributed by atoms with Crippen molar-refractivity contribution < 1.29 is 14.0 Å². The number of rotatable bonds is 3. The first-order valence-corrected chi connectivity index (χ1v) is 7.23. The van der Waals surface area contributed by atoms with Crippen molar-refractivity contribution in [1.82, 2.24) is 5.16 Å².